The molecule has 2 aromatic rings. The summed E-state index contributed by atoms with van der Waals surface area (Å²) in [5.41, 5.74) is 1.61. The van der Waals surface area contributed by atoms with E-state index in [1.165, 1.54) is 10.9 Å². The van der Waals surface area contributed by atoms with E-state index in [1.807, 2.05) is 23.1 Å². The number of amides is 1. The zero-order valence-electron chi connectivity index (χ0n) is 17.2. The fraction of sp³-hybridized carbons (Fsp3) is 0.571. The summed E-state index contributed by atoms with van der Waals surface area (Å²) in [5, 5.41) is 9.64. The van der Waals surface area contributed by atoms with Crippen LogP contribution < -0.4 is 10.5 Å². The van der Waals surface area contributed by atoms with Crippen molar-refractivity contribution in [3.8, 4) is 0 Å². The van der Waals surface area contributed by atoms with Crippen LogP contribution in [-0.4, -0.2) is 96.0 Å². The van der Waals surface area contributed by atoms with Gasteiger partial charge in [0.05, 0.1) is 30.4 Å². The van der Waals surface area contributed by atoms with Gasteiger partial charge in [0.2, 0.25) is 5.91 Å². The monoisotopic (exact) mass is 415 g/mol. The molecule has 2 fully saturated rings. The second-order valence-corrected chi connectivity index (χ2v) is 7.78. The number of fused-ring (bicyclic) bond motifs is 1. The number of aliphatic hydroxyl groups is 1. The van der Waals surface area contributed by atoms with Gasteiger partial charge in [-0.3, -0.25) is 19.1 Å². The summed E-state index contributed by atoms with van der Waals surface area (Å²) < 4.78 is 6.73. The van der Waals surface area contributed by atoms with Gasteiger partial charge in [-0.1, -0.05) is 0 Å². The van der Waals surface area contributed by atoms with Crippen LogP contribution in [0.5, 0.6) is 0 Å². The molecule has 0 bridgehead atoms. The van der Waals surface area contributed by atoms with Crippen LogP contribution in [0.25, 0.3) is 10.9 Å². The van der Waals surface area contributed by atoms with E-state index >= 15 is 0 Å². The number of hydrogen-bond acceptors (Lipinski definition) is 7. The average molecular weight is 415 g/mol. The van der Waals surface area contributed by atoms with Crippen molar-refractivity contribution in [1.29, 1.82) is 0 Å². The molecular formula is C21H29N5O4. The van der Waals surface area contributed by atoms with Gasteiger partial charge in [-0.15, -0.1) is 0 Å². The third-order valence-corrected chi connectivity index (χ3v) is 5.87. The SMILES string of the molecule is O=C1COCCCN1CCN1CCN(c2ccc3c(=O)n(CCO)cnc3c2)CC1. The van der Waals surface area contributed by atoms with E-state index in [-0.39, 0.29) is 31.2 Å². The van der Waals surface area contributed by atoms with Crippen molar-refractivity contribution in [3.05, 3.63) is 34.9 Å². The number of hydrogen-bond donors (Lipinski definition) is 1. The average Bonchev–Trinajstić information content (AvgIpc) is 2.98. The Morgan fingerprint density at radius 2 is 1.87 bits per heavy atom. The number of aromatic nitrogens is 2. The molecule has 1 aromatic carbocycles. The minimum atomic E-state index is -0.126. The lowest BCUT2D eigenvalue weighted by atomic mass is 10.2. The quantitative estimate of drug-likeness (QED) is 0.696. The van der Waals surface area contributed by atoms with Crippen LogP contribution >= 0.6 is 0 Å². The number of ether oxygens (including phenoxy) is 1. The molecule has 0 atom stereocenters. The summed E-state index contributed by atoms with van der Waals surface area (Å²) >= 11 is 0. The Hall–Kier alpha value is -2.49. The van der Waals surface area contributed by atoms with E-state index in [9.17, 15) is 9.59 Å². The number of nitrogens with zero attached hydrogens (tertiary/aromatic N) is 5. The van der Waals surface area contributed by atoms with Crippen LogP contribution in [0.15, 0.2) is 29.3 Å². The van der Waals surface area contributed by atoms with Crippen molar-refractivity contribution >= 4 is 22.5 Å². The predicted octanol–water partition coefficient (Wildman–Crippen LogP) is -0.240. The van der Waals surface area contributed by atoms with Gasteiger partial charge in [-0.2, -0.15) is 0 Å². The Morgan fingerprint density at radius 3 is 2.67 bits per heavy atom. The molecule has 1 N–H and O–H groups in total. The highest BCUT2D eigenvalue weighted by Gasteiger charge is 2.21. The van der Waals surface area contributed by atoms with Crippen molar-refractivity contribution in [2.45, 2.75) is 13.0 Å². The lowest BCUT2D eigenvalue weighted by Crippen LogP contribution is -2.49. The first kappa shape index (κ1) is 20.8. The van der Waals surface area contributed by atoms with E-state index in [2.05, 4.69) is 14.8 Å². The first-order chi connectivity index (χ1) is 14.7. The fourth-order valence-electron chi connectivity index (χ4n) is 4.07. The maximum Gasteiger partial charge on any atom is 0.261 e. The third-order valence-electron chi connectivity index (χ3n) is 5.87. The summed E-state index contributed by atoms with van der Waals surface area (Å²) in [6, 6.07) is 5.76. The Morgan fingerprint density at radius 1 is 1.03 bits per heavy atom. The molecular weight excluding hydrogens is 386 g/mol. The second-order valence-electron chi connectivity index (χ2n) is 7.78. The van der Waals surface area contributed by atoms with Crippen molar-refractivity contribution < 1.29 is 14.6 Å². The minimum Gasteiger partial charge on any atom is -0.395 e. The molecule has 4 rings (SSSR count). The Bertz CT molecular complexity index is 939. The third kappa shape index (κ3) is 4.63. The first-order valence-electron chi connectivity index (χ1n) is 10.6. The molecule has 2 saturated heterocycles. The summed E-state index contributed by atoms with van der Waals surface area (Å²) in [6.07, 6.45) is 2.40. The highest BCUT2D eigenvalue weighted by molar-refractivity contribution is 5.81. The molecule has 0 aliphatic carbocycles. The van der Waals surface area contributed by atoms with Gasteiger partial charge in [-0.25, -0.2) is 4.98 Å². The van der Waals surface area contributed by atoms with Crippen LogP contribution in [0.3, 0.4) is 0 Å². The maximum atomic E-state index is 12.5. The molecule has 1 amide bonds. The van der Waals surface area contributed by atoms with Crippen LogP contribution in [-0.2, 0) is 16.1 Å². The molecule has 30 heavy (non-hydrogen) atoms. The van der Waals surface area contributed by atoms with Crippen LogP contribution in [0, 0.1) is 0 Å². The number of anilines is 1. The van der Waals surface area contributed by atoms with E-state index in [0.717, 1.165) is 57.9 Å². The molecule has 0 radical (unpaired) electrons. The van der Waals surface area contributed by atoms with Crippen molar-refractivity contribution in [1.82, 2.24) is 19.4 Å². The van der Waals surface area contributed by atoms with Gasteiger partial charge in [0.25, 0.3) is 5.56 Å². The molecule has 9 heteroatoms. The number of carbonyl (C=O) groups excluding carboxylic acids is 1. The van der Waals surface area contributed by atoms with E-state index < -0.39 is 0 Å². The summed E-state index contributed by atoms with van der Waals surface area (Å²) in [5.74, 6) is 0.0906. The summed E-state index contributed by atoms with van der Waals surface area (Å²) in [6.45, 7) is 7.09. The molecule has 3 heterocycles. The minimum absolute atomic E-state index is 0.0881. The van der Waals surface area contributed by atoms with E-state index in [1.54, 1.807) is 0 Å². The Balaban J connectivity index is 1.34. The smallest absolute Gasteiger partial charge is 0.261 e. The Kier molecular flexibility index (Phi) is 6.61. The summed E-state index contributed by atoms with van der Waals surface area (Å²) in [7, 11) is 0. The fourth-order valence-corrected chi connectivity index (χ4v) is 4.07. The number of piperazine rings is 1. The molecule has 162 valence electrons. The van der Waals surface area contributed by atoms with Crippen molar-refractivity contribution in [3.63, 3.8) is 0 Å². The second kappa shape index (κ2) is 9.55. The molecule has 0 saturated carbocycles. The molecule has 2 aliphatic heterocycles. The molecule has 9 nitrogen and oxygen atoms in total. The maximum absolute atomic E-state index is 12.5. The van der Waals surface area contributed by atoms with Gasteiger partial charge < -0.3 is 19.6 Å². The first-order valence-corrected chi connectivity index (χ1v) is 10.6. The number of rotatable bonds is 6. The van der Waals surface area contributed by atoms with Crippen molar-refractivity contribution in [2.24, 2.45) is 0 Å². The predicted molar refractivity (Wildman–Crippen MR) is 114 cm³/mol. The van der Waals surface area contributed by atoms with Crippen LogP contribution in [0.4, 0.5) is 5.69 Å². The van der Waals surface area contributed by atoms with Crippen molar-refractivity contribution in [2.75, 3.05) is 70.5 Å². The van der Waals surface area contributed by atoms with Gasteiger partial charge in [-0.05, 0) is 24.6 Å². The molecule has 0 unspecified atom stereocenters. The highest BCUT2D eigenvalue weighted by atomic mass is 16.5. The zero-order chi connectivity index (χ0) is 20.9. The zero-order valence-corrected chi connectivity index (χ0v) is 17.2. The number of carbonyl (C=O) groups is 1. The van der Waals surface area contributed by atoms with Gasteiger partial charge in [0.1, 0.15) is 6.61 Å². The van der Waals surface area contributed by atoms with Gasteiger partial charge in [0, 0.05) is 58.1 Å². The lowest BCUT2D eigenvalue weighted by molar-refractivity contribution is -0.134. The van der Waals surface area contributed by atoms with Crippen LogP contribution in [0.1, 0.15) is 6.42 Å². The van der Waals surface area contributed by atoms with Gasteiger partial charge >= 0.3 is 0 Å². The lowest BCUT2D eigenvalue weighted by Gasteiger charge is -2.37. The number of aliphatic hydroxyl groups excluding tert-OH is 1. The summed E-state index contributed by atoms with van der Waals surface area (Å²) in [4.78, 5) is 35.5. The largest absolute Gasteiger partial charge is 0.395 e. The highest BCUT2D eigenvalue weighted by Crippen LogP contribution is 2.20. The molecule has 2 aliphatic rings. The normalized spacial score (nSPS) is 18.8. The molecule has 1 aromatic heterocycles. The van der Waals surface area contributed by atoms with E-state index in [4.69, 9.17) is 9.84 Å². The van der Waals surface area contributed by atoms with Crippen LogP contribution in [0.2, 0.25) is 0 Å². The number of benzene rings is 1. The molecule has 0 spiro atoms. The van der Waals surface area contributed by atoms with E-state index in [0.29, 0.717) is 17.5 Å². The topological polar surface area (TPSA) is 91.1 Å². The Labute approximate surface area is 175 Å². The standard InChI is InChI=1S/C21H29N5O4/c27-12-11-26-16-22-19-14-17(2-3-18(19)21(26)29)24-8-5-23(6-9-24)7-10-25-4-1-13-30-15-20(25)28/h2-3,14,16,27H,1,4-13,15H2. The van der Waals surface area contributed by atoms with Gasteiger partial charge in [0.15, 0.2) is 0 Å².